The van der Waals surface area contributed by atoms with Crippen molar-refractivity contribution < 1.29 is 0 Å². The zero-order valence-electron chi connectivity index (χ0n) is 15.3. The first kappa shape index (κ1) is 17.0. The average molecular weight is 342 g/mol. The van der Waals surface area contributed by atoms with Crippen LogP contribution in [-0.4, -0.2) is 14.5 Å². The number of fused-ring (bicyclic) bond motifs is 1. The number of aromatic nitrogens is 3. The minimum atomic E-state index is 0.560. The summed E-state index contributed by atoms with van der Waals surface area (Å²) >= 11 is 6.52. The number of hydrogen-bond donors (Lipinski definition) is 0. The highest BCUT2D eigenvalue weighted by molar-refractivity contribution is 6.34. The molecule has 0 saturated carbocycles. The van der Waals surface area contributed by atoms with Gasteiger partial charge in [-0.15, -0.1) is 0 Å². The molecule has 0 bridgehead atoms. The molecule has 0 spiro atoms. The van der Waals surface area contributed by atoms with Crippen molar-refractivity contribution in [3.05, 3.63) is 51.1 Å². The number of nitrogens with zero attached hydrogens (tertiary/aromatic N) is 3. The summed E-state index contributed by atoms with van der Waals surface area (Å²) in [7, 11) is 0. The fourth-order valence-electron chi connectivity index (χ4n) is 3.87. The van der Waals surface area contributed by atoms with E-state index in [2.05, 4.69) is 56.3 Å². The first-order valence-corrected chi connectivity index (χ1v) is 8.91. The summed E-state index contributed by atoms with van der Waals surface area (Å²) in [5.41, 5.74) is 8.49. The number of halogens is 1. The van der Waals surface area contributed by atoms with Crippen LogP contribution in [0.2, 0.25) is 5.15 Å². The molecule has 0 atom stereocenters. The van der Waals surface area contributed by atoms with Crippen LogP contribution in [0.4, 0.5) is 0 Å². The van der Waals surface area contributed by atoms with Crippen LogP contribution in [0, 0.1) is 27.7 Å². The zero-order valence-corrected chi connectivity index (χ0v) is 16.0. The van der Waals surface area contributed by atoms with Gasteiger partial charge in [0.25, 0.3) is 0 Å². The van der Waals surface area contributed by atoms with E-state index in [-0.39, 0.29) is 0 Å². The summed E-state index contributed by atoms with van der Waals surface area (Å²) in [6.07, 6.45) is 1.85. The molecule has 1 aromatic carbocycles. The average Bonchev–Trinajstić information content (AvgIpc) is 2.80. The Morgan fingerprint density at radius 3 is 2.12 bits per heavy atom. The Morgan fingerprint density at radius 2 is 1.58 bits per heavy atom. The number of hydrogen-bond acceptors (Lipinski definition) is 2. The molecule has 24 heavy (non-hydrogen) atoms. The lowest BCUT2D eigenvalue weighted by Gasteiger charge is -2.17. The maximum atomic E-state index is 6.52. The zero-order chi connectivity index (χ0) is 17.6. The van der Waals surface area contributed by atoms with Crippen LogP contribution in [-0.2, 0) is 12.8 Å². The van der Waals surface area contributed by atoms with Gasteiger partial charge in [0.1, 0.15) is 16.6 Å². The van der Waals surface area contributed by atoms with E-state index in [1.165, 1.54) is 33.6 Å². The quantitative estimate of drug-likeness (QED) is 0.594. The molecular weight excluding hydrogens is 318 g/mol. The lowest BCUT2D eigenvalue weighted by Crippen LogP contribution is -2.06. The number of benzene rings is 1. The Labute approximate surface area is 148 Å². The third kappa shape index (κ3) is 2.51. The third-order valence-corrected chi connectivity index (χ3v) is 4.91. The van der Waals surface area contributed by atoms with E-state index in [0.717, 1.165) is 23.9 Å². The van der Waals surface area contributed by atoms with Gasteiger partial charge < -0.3 is 0 Å². The minimum Gasteiger partial charge on any atom is -0.297 e. The highest BCUT2D eigenvalue weighted by Gasteiger charge is 2.22. The fourth-order valence-corrected chi connectivity index (χ4v) is 4.19. The topological polar surface area (TPSA) is 30.7 Å². The van der Waals surface area contributed by atoms with Crippen LogP contribution in [0.15, 0.2) is 12.1 Å². The van der Waals surface area contributed by atoms with E-state index in [9.17, 15) is 0 Å². The molecule has 0 saturated heterocycles. The van der Waals surface area contributed by atoms with Gasteiger partial charge in [0.2, 0.25) is 0 Å². The van der Waals surface area contributed by atoms with E-state index < -0.39 is 0 Å². The second kappa shape index (κ2) is 6.21. The lowest BCUT2D eigenvalue weighted by molar-refractivity contribution is 0.902. The van der Waals surface area contributed by atoms with Crippen molar-refractivity contribution in [1.82, 2.24) is 14.5 Å². The fraction of sp³-hybridized carbons (Fsp3) is 0.400. The predicted octanol–water partition coefficient (Wildman–Crippen LogP) is 5.43. The molecule has 0 amide bonds. The highest BCUT2D eigenvalue weighted by atomic mass is 35.5. The van der Waals surface area contributed by atoms with Gasteiger partial charge in [0.15, 0.2) is 0 Å². The molecule has 0 unspecified atom stereocenters. The molecule has 0 radical (unpaired) electrons. The Balaban J connectivity index is 2.53. The van der Waals surface area contributed by atoms with Gasteiger partial charge in [-0.1, -0.05) is 43.1 Å². The minimum absolute atomic E-state index is 0.560. The first-order chi connectivity index (χ1) is 11.4. The van der Waals surface area contributed by atoms with Crippen molar-refractivity contribution in [2.75, 3.05) is 0 Å². The van der Waals surface area contributed by atoms with Crippen molar-refractivity contribution >= 4 is 22.6 Å². The first-order valence-electron chi connectivity index (χ1n) is 8.53. The van der Waals surface area contributed by atoms with Gasteiger partial charge in [-0.2, -0.15) is 0 Å². The molecule has 0 aliphatic heterocycles. The summed E-state index contributed by atoms with van der Waals surface area (Å²) in [4.78, 5) is 9.15. The highest BCUT2D eigenvalue weighted by Crippen LogP contribution is 2.35. The lowest BCUT2D eigenvalue weighted by atomic mass is 10.0. The van der Waals surface area contributed by atoms with Crippen molar-refractivity contribution in [3.63, 3.8) is 0 Å². The van der Waals surface area contributed by atoms with Gasteiger partial charge in [-0.25, -0.2) is 9.97 Å². The maximum absolute atomic E-state index is 6.52. The van der Waals surface area contributed by atoms with Gasteiger partial charge in [0, 0.05) is 5.69 Å². The molecular formula is C20H24ClN3. The van der Waals surface area contributed by atoms with Crippen molar-refractivity contribution in [3.8, 4) is 5.69 Å². The molecule has 126 valence electrons. The molecule has 2 heterocycles. The summed E-state index contributed by atoms with van der Waals surface area (Å²) in [5.74, 6) is 0.707. The largest absolute Gasteiger partial charge is 0.297 e. The van der Waals surface area contributed by atoms with Crippen LogP contribution in [0.1, 0.15) is 47.6 Å². The van der Waals surface area contributed by atoms with Crippen LogP contribution < -0.4 is 0 Å². The van der Waals surface area contributed by atoms with Crippen LogP contribution >= 0.6 is 11.6 Å². The summed E-state index contributed by atoms with van der Waals surface area (Å²) < 4.78 is 2.30. The molecule has 3 aromatic rings. The molecule has 4 heteroatoms. The monoisotopic (exact) mass is 341 g/mol. The van der Waals surface area contributed by atoms with E-state index in [4.69, 9.17) is 16.6 Å². The van der Waals surface area contributed by atoms with Crippen molar-refractivity contribution in [2.45, 2.75) is 54.4 Å². The van der Waals surface area contributed by atoms with Gasteiger partial charge in [-0.05, 0) is 57.2 Å². The van der Waals surface area contributed by atoms with E-state index >= 15 is 0 Å². The van der Waals surface area contributed by atoms with E-state index in [0.29, 0.717) is 11.0 Å². The molecule has 0 aliphatic carbocycles. The second-order valence-corrected chi connectivity index (χ2v) is 6.83. The Hall–Kier alpha value is -1.87. The molecule has 2 aromatic heterocycles. The third-order valence-electron chi connectivity index (χ3n) is 4.64. The molecule has 0 fully saturated rings. The summed E-state index contributed by atoms with van der Waals surface area (Å²) in [6.45, 7) is 12.7. The molecule has 0 N–H and O–H groups in total. The predicted molar refractivity (Wildman–Crippen MR) is 102 cm³/mol. The Kier molecular flexibility index (Phi) is 4.39. The maximum Gasteiger partial charge on any atom is 0.150 e. The summed E-state index contributed by atoms with van der Waals surface area (Å²) in [6, 6.07) is 4.46. The molecule has 3 nitrogen and oxygen atoms in total. The number of aryl methyl sites for hydroxylation is 5. The van der Waals surface area contributed by atoms with Crippen molar-refractivity contribution in [1.29, 1.82) is 0 Å². The van der Waals surface area contributed by atoms with E-state index in [1.54, 1.807) is 0 Å². The van der Waals surface area contributed by atoms with Crippen LogP contribution in [0.25, 0.3) is 16.7 Å². The van der Waals surface area contributed by atoms with E-state index in [1.807, 2.05) is 6.92 Å². The SMILES string of the molecule is CCc1c(CC)n(-c2c(C)cc(C)cc2C)c2nc(C)nc(Cl)c12. The Morgan fingerprint density at radius 1 is 0.958 bits per heavy atom. The second-order valence-electron chi connectivity index (χ2n) is 6.48. The van der Waals surface area contributed by atoms with Crippen LogP contribution in [0.3, 0.4) is 0 Å². The van der Waals surface area contributed by atoms with Crippen molar-refractivity contribution in [2.24, 2.45) is 0 Å². The summed E-state index contributed by atoms with van der Waals surface area (Å²) in [5, 5.41) is 1.56. The smallest absolute Gasteiger partial charge is 0.150 e. The van der Waals surface area contributed by atoms with Gasteiger partial charge in [0.05, 0.1) is 11.1 Å². The normalized spacial score (nSPS) is 11.5. The standard InChI is InChI=1S/C20H24ClN3/c1-7-15-16(8-2)24(18-12(4)9-11(3)10-13(18)5)20-17(15)19(21)22-14(6)23-20/h9-10H,7-8H2,1-6H3. The molecule has 0 aliphatic rings. The van der Waals surface area contributed by atoms with Gasteiger partial charge >= 0.3 is 0 Å². The Bertz CT molecular complexity index is 915. The molecule has 3 rings (SSSR count). The van der Waals surface area contributed by atoms with Crippen LogP contribution in [0.5, 0.6) is 0 Å². The van der Waals surface area contributed by atoms with Gasteiger partial charge in [-0.3, -0.25) is 4.57 Å². The number of rotatable bonds is 3.